The van der Waals surface area contributed by atoms with Crippen molar-refractivity contribution in [1.82, 2.24) is 5.32 Å². The van der Waals surface area contributed by atoms with E-state index in [1.807, 2.05) is 6.26 Å². The number of hydrogen-bond donors (Lipinski definition) is 2. The summed E-state index contributed by atoms with van der Waals surface area (Å²) in [7, 11) is 1.22. The van der Waals surface area contributed by atoms with Gasteiger partial charge in [-0.25, -0.2) is 4.79 Å². The number of aliphatic carboxylic acids is 1. The Labute approximate surface area is 126 Å². The van der Waals surface area contributed by atoms with Crippen molar-refractivity contribution < 1.29 is 28.6 Å². The van der Waals surface area contributed by atoms with Gasteiger partial charge in [-0.15, -0.1) is 0 Å². The SMILES string of the molecule is COC(=O)CC[C@H](NC(=O)c1ccc(CSC)o1)C(=O)O. The molecule has 8 heteroatoms. The molecule has 0 bridgehead atoms. The summed E-state index contributed by atoms with van der Waals surface area (Å²) in [4.78, 5) is 34.0. The first-order valence-electron chi connectivity index (χ1n) is 6.16. The summed E-state index contributed by atoms with van der Waals surface area (Å²) in [6.07, 6.45) is 1.76. The number of hydrogen-bond acceptors (Lipinski definition) is 6. The number of carbonyl (C=O) groups is 3. The Morgan fingerprint density at radius 2 is 2.14 bits per heavy atom. The van der Waals surface area contributed by atoms with E-state index in [1.165, 1.54) is 13.2 Å². The first-order chi connectivity index (χ1) is 9.97. The maximum Gasteiger partial charge on any atom is 0.326 e. The minimum Gasteiger partial charge on any atom is -0.480 e. The zero-order valence-electron chi connectivity index (χ0n) is 11.8. The van der Waals surface area contributed by atoms with Gasteiger partial charge in [0.05, 0.1) is 12.9 Å². The topological polar surface area (TPSA) is 106 Å². The highest BCUT2D eigenvalue weighted by atomic mass is 32.2. The van der Waals surface area contributed by atoms with E-state index in [1.54, 1.807) is 17.8 Å². The molecule has 0 aliphatic rings. The number of esters is 1. The molecule has 0 aliphatic carbocycles. The number of rotatable bonds is 8. The van der Waals surface area contributed by atoms with Crippen molar-refractivity contribution in [3.8, 4) is 0 Å². The molecule has 0 aliphatic heterocycles. The number of nitrogens with one attached hydrogen (secondary N) is 1. The molecular weight excluding hydrogens is 298 g/mol. The highest BCUT2D eigenvalue weighted by Gasteiger charge is 2.23. The second kappa shape index (κ2) is 8.35. The van der Waals surface area contributed by atoms with Crippen molar-refractivity contribution in [3.63, 3.8) is 0 Å². The van der Waals surface area contributed by atoms with Gasteiger partial charge in [-0.1, -0.05) is 0 Å². The van der Waals surface area contributed by atoms with Crippen LogP contribution in [0.15, 0.2) is 16.5 Å². The van der Waals surface area contributed by atoms with Gasteiger partial charge in [-0.05, 0) is 24.8 Å². The highest BCUT2D eigenvalue weighted by Crippen LogP contribution is 2.13. The number of amides is 1. The molecule has 1 heterocycles. The zero-order valence-corrected chi connectivity index (χ0v) is 12.6. The van der Waals surface area contributed by atoms with Gasteiger partial charge < -0.3 is 19.6 Å². The minimum atomic E-state index is -1.22. The van der Waals surface area contributed by atoms with Crippen molar-refractivity contribution in [2.45, 2.75) is 24.6 Å². The second-order valence-electron chi connectivity index (χ2n) is 4.18. The fraction of sp³-hybridized carbons (Fsp3) is 0.462. The lowest BCUT2D eigenvalue weighted by molar-refractivity contribution is -0.142. The summed E-state index contributed by atoms with van der Waals surface area (Å²) in [5.74, 6) is -1.08. The molecule has 0 fully saturated rings. The number of carboxylic acids is 1. The van der Waals surface area contributed by atoms with Crippen LogP contribution in [0, 0.1) is 0 Å². The van der Waals surface area contributed by atoms with Gasteiger partial charge in [-0.3, -0.25) is 9.59 Å². The van der Waals surface area contributed by atoms with Crippen LogP contribution in [0.25, 0.3) is 0 Å². The Morgan fingerprint density at radius 3 is 2.71 bits per heavy atom. The third kappa shape index (κ3) is 5.50. The van der Waals surface area contributed by atoms with E-state index in [4.69, 9.17) is 9.52 Å². The molecule has 1 aromatic rings. The van der Waals surface area contributed by atoms with Crippen molar-refractivity contribution in [2.75, 3.05) is 13.4 Å². The average Bonchev–Trinajstić information content (AvgIpc) is 2.91. The van der Waals surface area contributed by atoms with Crippen LogP contribution in [0.1, 0.15) is 29.2 Å². The van der Waals surface area contributed by atoms with Crippen LogP contribution in [0.2, 0.25) is 0 Å². The normalized spacial score (nSPS) is 11.7. The number of ether oxygens (including phenoxy) is 1. The lowest BCUT2D eigenvalue weighted by Crippen LogP contribution is -2.41. The molecule has 1 atom stereocenters. The fourth-order valence-corrected chi connectivity index (χ4v) is 2.01. The number of furan rings is 1. The highest BCUT2D eigenvalue weighted by molar-refractivity contribution is 7.97. The first-order valence-corrected chi connectivity index (χ1v) is 7.55. The number of carbonyl (C=O) groups excluding carboxylic acids is 2. The van der Waals surface area contributed by atoms with Crippen LogP contribution >= 0.6 is 11.8 Å². The third-order valence-corrected chi connectivity index (χ3v) is 3.21. The standard InChI is InChI=1S/C13H17NO6S/c1-19-11(15)6-4-9(13(17)18)14-12(16)10-5-3-8(20-10)7-21-2/h3,5,9H,4,6-7H2,1-2H3,(H,14,16)(H,17,18)/t9-/m0/s1. The van der Waals surface area contributed by atoms with E-state index in [0.717, 1.165) is 0 Å². The Hall–Kier alpha value is -1.96. The van der Waals surface area contributed by atoms with Crippen LogP contribution in [-0.2, 0) is 20.1 Å². The first kappa shape index (κ1) is 17.1. The molecule has 0 aromatic carbocycles. The van der Waals surface area contributed by atoms with Gasteiger partial charge in [0.25, 0.3) is 5.91 Å². The summed E-state index contributed by atoms with van der Waals surface area (Å²) in [6, 6.07) is 1.97. The van der Waals surface area contributed by atoms with E-state index in [-0.39, 0.29) is 18.6 Å². The van der Waals surface area contributed by atoms with Crippen LogP contribution in [-0.4, -0.2) is 42.4 Å². The smallest absolute Gasteiger partial charge is 0.326 e. The molecule has 0 spiro atoms. The second-order valence-corrected chi connectivity index (χ2v) is 5.04. The minimum absolute atomic E-state index is 0.0448. The Kier molecular flexibility index (Phi) is 6.80. The predicted octanol–water partition coefficient (Wildman–Crippen LogP) is 1.28. The summed E-state index contributed by atoms with van der Waals surface area (Å²) in [6.45, 7) is 0. The molecule has 7 nitrogen and oxygen atoms in total. The van der Waals surface area contributed by atoms with Gasteiger partial charge in [-0.2, -0.15) is 11.8 Å². The molecule has 0 unspecified atom stereocenters. The predicted molar refractivity (Wildman–Crippen MR) is 76.1 cm³/mol. The Bertz CT molecular complexity index is 513. The number of carboxylic acid groups (broad SMARTS) is 1. The molecule has 1 aromatic heterocycles. The van der Waals surface area contributed by atoms with Crippen molar-refractivity contribution >= 4 is 29.6 Å². The van der Waals surface area contributed by atoms with E-state index >= 15 is 0 Å². The quantitative estimate of drug-likeness (QED) is 0.696. The largest absolute Gasteiger partial charge is 0.480 e. The fourth-order valence-electron chi connectivity index (χ4n) is 1.57. The van der Waals surface area contributed by atoms with Gasteiger partial charge in [0.1, 0.15) is 11.8 Å². The van der Waals surface area contributed by atoms with Gasteiger partial charge in [0, 0.05) is 6.42 Å². The molecular formula is C13H17NO6S. The summed E-state index contributed by atoms with van der Waals surface area (Å²) < 4.78 is 9.73. The lowest BCUT2D eigenvalue weighted by atomic mass is 10.1. The third-order valence-electron chi connectivity index (χ3n) is 2.64. The van der Waals surface area contributed by atoms with Gasteiger partial charge >= 0.3 is 11.9 Å². The molecule has 0 radical (unpaired) electrons. The molecule has 116 valence electrons. The molecule has 21 heavy (non-hydrogen) atoms. The molecule has 1 rings (SSSR count). The number of methoxy groups -OCH3 is 1. The van der Waals surface area contributed by atoms with Crippen molar-refractivity contribution in [1.29, 1.82) is 0 Å². The average molecular weight is 315 g/mol. The van der Waals surface area contributed by atoms with Crippen LogP contribution in [0.4, 0.5) is 0 Å². The van der Waals surface area contributed by atoms with E-state index in [2.05, 4.69) is 10.1 Å². The van der Waals surface area contributed by atoms with Gasteiger partial charge in [0.2, 0.25) is 0 Å². The van der Waals surface area contributed by atoms with Crippen LogP contribution in [0.5, 0.6) is 0 Å². The van der Waals surface area contributed by atoms with E-state index in [0.29, 0.717) is 11.5 Å². The van der Waals surface area contributed by atoms with E-state index < -0.39 is 23.9 Å². The van der Waals surface area contributed by atoms with Gasteiger partial charge in [0.15, 0.2) is 5.76 Å². The monoisotopic (exact) mass is 315 g/mol. The number of thioether (sulfide) groups is 1. The summed E-state index contributed by atoms with van der Waals surface area (Å²) >= 11 is 1.54. The van der Waals surface area contributed by atoms with E-state index in [9.17, 15) is 14.4 Å². The molecule has 2 N–H and O–H groups in total. The Morgan fingerprint density at radius 1 is 1.43 bits per heavy atom. The molecule has 0 saturated carbocycles. The summed E-state index contributed by atoms with van der Waals surface area (Å²) in [5.41, 5.74) is 0. The lowest BCUT2D eigenvalue weighted by Gasteiger charge is -2.12. The van der Waals surface area contributed by atoms with Crippen molar-refractivity contribution in [3.05, 3.63) is 23.7 Å². The summed E-state index contributed by atoms with van der Waals surface area (Å²) in [5, 5.41) is 11.4. The van der Waals surface area contributed by atoms with Crippen molar-refractivity contribution in [2.24, 2.45) is 0 Å². The zero-order chi connectivity index (χ0) is 15.8. The maximum absolute atomic E-state index is 11.9. The Balaban J connectivity index is 2.62. The van der Waals surface area contributed by atoms with Crippen LogP contribution < -0.4 is 5.32 Å². The molecule has 1 amide bonds. The van der Waals surface area contributed by atoms with Crippen LogP contribution in [0.3, 0.4) is 0 Å². The molecule has 0 saturated heterocycles. The maximum atomic E-state index is 11.9.